The fourth-order valence-electron chi connectivity index (χ4n) is 6.41. The first-order valence-corrected chi connectivity index (χ1v) is 15.4. The maximum Gasteiger partial charge on any atom is 0.434 e. The summed E-state index contributed by atoms with van der Waals surface area (Å²) in [7, 11) is 0. The molecule has 0 saturated carbocycles. The van der Waals surface area contributed by atoms with Crippen molar-refractivity contribution in [3.8, 4) is 24.0 Å². The van der Waals surface area contributed by atoms with Crippen molar-refractivity contribution < 1.29 is 19.5 Å². The second-order valence-electron chi connectivity index (χ2n) is 11.8. The molecule has 3 aliphatic heterocycles. The molecule has 4 heterocycles. The van der Waals surface area contributed by atoms with Gasteiger partial charge in [0.15, 0.2) is 0 Å². The van der Waals surface area contributed by atoms with Crippen molar-refractivity contribution in [2.24, 2.45) is 5.92 Å². The quantitative estimate of drug-likeness (QED) is 0.394. The third-order valence-corrected chi connectivity index (χ3v) is 8.90. The predicted molar refractivity (Wildman–Crippen MR) is 167 cm³/mol. The monoisotopic (exact) mass is 600 g/mol. The number of amides is 1. The Kier molecular flexibility index (Phi) is 9.09. The molecule has 1 aromatic heterocycles. The SMILES string of the molecule is C#CCOc1ccc(N2CCN(C(=O)On3c(O)c4n(c3=O)CCN(CC3CCN(Cc5ccccc5)CC3)C4)CC2)cc1. The molecule has 232 valence electrons. The molecule has 11 nitrogen and oxygen atoms in total. The van der Waals surface area contributed by atoms with Crippen molar-refractivity contribution in [2.45, 2.75) is 32.5 Å². The molecule has 3 aliphatic rings. The average molecular weight is 601 g/mol. The van der Waals surface area contributed by atoms with Gasteiger partial charge >= 0.3 is 11.8 Å². The minimum absolute atomic E-state index is 0.219. The molecule has 2 fully saturated rings. The molecule has 0 atom stereocenters. The Morgan fingerprint density at radius 2 is 1.64 bits per heavy atom. The zero-order chi connectivity index (χ0) is 30.5. The molecular formula is C33H40N6O5. The highest BCUT2D eigenvalue weighted by atomic mass is 16.7. The molecule has 1 N–H and O–H groups in total. The Bertz CT molecular complexity index is 1510. The minimum Gasteiger partial charge on any atom is -0.491 e. The molecule has 1 amide bonds. The number of nitrogens with zero attached hydrogens (tertiary/aromatic N) is 6. The maximum atomic E-state index is 13.1. The lowest BCUT2D eigenvalue weighted by Crippen LogP contribution is -2.51. The molecule has 0 unspecified atom stereocenters. The lowest BCUT2D eigenvalue weighted by Gasteiger charge is -2.36. The highest BCUT2D eigenvalue weighted by molar-refractivity contribution is 5.68. The zero-order valence-electron chi connectivity index (χ0n) is 25.0. The molecular weight excluding hydrogens is 560 g/mol. The largest absolute Gasteiger partial charge is 0.491 e. The highest BCUT2D eigenvalue weighted by Crippen LogP contribution is 2.26. The van der Waals surface area contributed by atoms with Gasteiger partial charge in [0.2, 0.25) is 0 Å². The van der Waals surface area contributed by atoms with E-state index in [4.69, 9.17) is 16.0 Å². The van der Waals surface area contributed by atoms with Crippen LogP contribution in [0.5, 0.6) is 11.6 Å². The number of hydrogen-bond donors (Lipinski definition) is 1. The number of carbonyl (C=O) groups excluding carboxylic acids is 1. The van der Waals surface area contributed by atoms with Crippen LogP contribution in [0.25, 0.3) is 0 Å². The number of likely N-dealkylation sites (tertiary alicyclic amines) is 1. The Morgan fingerprint density at radius 3 is 2.34 bits per heavy atom. The van der Waals surface area contributed by atoms with Gasteiger partial charge in [-0.1, -0.05) is 41.0 Å². The molecule has 0 radical (unpaired) electrons. The van der Waals surface area contributed by atoms with Crippen molar-refractivity contribution in [3.63, 3.8) is 0 Å². The maximum absolute atomic E-state index is 13.1. The summed E-state index contributed by atoms with van der Waals surface area (Å²) in [6.45, 7) is 7.93. The Balaban J connectivity index is 0.990. The molecule has 2 saturated heterocycles. The van der Waals surface area contributed by atoms with E-state index in [-0.39, 0.29) is 12.5 Å². The summed E-state index contributed by atoms with van der Waals surface area (Å²) in [6, 6.07) is 18.2. The van der Waals surface area contributed by atoms with Gasteiger partial charge in [-0.05, 0) is 61.7 Å². The van der Waals surface area contributed by atoms with Gasteiger partial charge in [-0.3, -0.25) is 14.4 Å². The summed E-state index contributed by atoms with van der Waals surface area (Å²) in [5.41, 5.74) is 2.33. The van der Waals surface area contributed by atoms with Crippen molar-refractivity contribution in [2.75, 3.05) is 63.9 Å². The van der Waals surface area contributed by atoms with E-state index in [9.17, 15) is 14.7 Å². The first-order chi connectivity index (χ1) is 21.5. The number of benzene rings is 2. The zero-order valence-corrected chi connectivity index (χ0v) is 25.0. The number of rotatable bonds is 8. The summed E-state index contributed by atoms with van der Waals surface area (Å²) < 4.78 is 7.71. The van der Waals surface area contributed by atoms with Crippen LogP contribution < -0.4 is 20.2 Å². The molecule has 44 heavy (non-hydrogen) atoms. The average Bonchev–Trinajstić information content (AvgIpc) is 3.29. The number of fused-ring (bicyclic) bond motifs is 1. The number of aromatic nitrogens is 2. The van der Waals surface area contributed by atoms with E-state index in [2.05, 4.69) is 44.9 Å². The first kappa shape index (κ1) is 29.7. The van der Waals surface area contributed by atoms with Gasteiger partial charge in [0.05, 0.1) is 0 Å². The highest BCUT2D eigenvalue weighted by Gasteiger charge is 2.31. The van der Waals surface area contributed by atoms with Gasteiger partial charge in [-0.2, -0.15) is 0 Å². The number of ether oxygens (including phenoxy) is 1. The van der Waals surface area contributed by atoms with Gasteiger partial charge in [0.25, 0.3) is 5.88 Å². The number of terminal acetylenes is 1. The molecule has 6 rings (SSSR count). The second kappa shape index (κ2) is 13.5. The molecule has 0 spiro atoms. The van der Waals surface area contributed by atoms with Crippen LogP contribution in [0, 0.1) is 18.3 Å². The Hall–Kier alpha value is -4.40. The molecule has 2 aromatic carbocycles. The van der Waals surface area contributed by atoms with Gasteiger partial charge in [0.1, 0.15) is 18.1 Å². The predicted octanol–water partition coefficient (Wildman–Crippen LogP) is 2.47. The van der Waals surface area contributed by atoms with Crippen LogP contribution in [0.15, 0.2) is 59.4 Å². The number of anilines is 1. The van der Waals surface area contributed by atoms with Crippen LogP contribution in [-0.2, 0) is 19.6 Å². The van der Waals surface area contributed by atoms with Crippen molar-refractivity contribution in [1.82, 2.24) is 24.0 Å². The van der Waals surface area contributed by atoms with Gasteiger partial charge in [0, 0.05) is 64.6 Å². The summed E-state index contributed by atoms with van der Waals surface area (Å²) >= 11 is 0. The van der Waals surface area contributed by atoms with E-state index in [1.807, 2.05) is 30.3 Å². The number of imidazole rings is 1. The van der Waals surface area contributed by atoms with E-state index in [1.165, 1.54) is 10.1 Å². The van der Waals surface area contributed by atoms with E-state index in [0.717, 1.165) is 49.4 Å². The van der Waals surface area contributed by atoms with Gasteiger partial charge < -0.3 is 24.5 Å². The van der Waals surface area contributed by atoms with Gasteiger partial charge in [-0.15, -0.1) is 6.42 Å². The number of piperidine rings is 1. The van der Waals surface area contributed by atoms with Gasteiger partial charge in [-0.25, -0.2) is 9.59 Å². The van der Waals surface area contributed by atoms with E-state index in [0.29, 0.717) is 63.2 Å². The van der Waals surface area contributed by atoms with Crippen LogP contribution in [0.4, 0.5) is 10.5 Å². The van der Waals surface area contributed by atoms with E-state index in [1.54, 1.807) is 4.90 Å². The Morgan fingerprint density at radius 1 is 0.909 bits per heavy atom. The number of aromatic hydroxyl groups is 1. The van der Waals surface area contributed by atoms with Crippen molar-refractivity contribution >= 4 is 11.8 Å². The fourth-order valence-corrected chi connectivity index (χ4v) is 6.41. The topological polar surface area (TPSA) is 95.6 Å². The minimum atomic E-state index is -0.651. The molecule has 11 heteroatoms. The summed E-state index contributed by atoms with van der Waals surface area (Å²) in [6.07, 6.45) is 6.85. The number of hydrogen-bond acceptors (Lipinski definition) is 8. The van der Waals surface area contributed by atoms with Crippen LogP contribution in [-0.4, -0.2) is 94.2 Å². The first-order valence-electron chi connectivity index (χ1n) is 15.4. The van der Waals surface area contributed by atoms with E-state index < -0.39 is 11.8 Å². The second-order valence-corrected chi connectivity index (χ2v) is 11.8. The summed E-state index contributed by atoms with van der Waals surface area (Å²) in [4.78, 5) is 40.1. The number of piperazine rings is 1. The molecule has 0 bridgehead atoms. The Labute approximate surface area is 257 Å². The molecule has 3 aromatic rings. The third-order valence-electron chi connectivity index (χ3n) is 8.90. The van der Waals surface area contributed by atoms with Crippen LogP contribution in [0.2, 0.25) is 0 Å². The number of carbonyl (C=O) groups is 1. The van der Waals surface area contributed by atoms with Crippen molar-refractivity contribution in [1.29, 1.82) is 0 Å². The molecule has 0 aliphatic carbocycles. The third kappa shape index (κ3) is 6.72. The van der Waals surface area contributed by atoms with Crippen LogP contribution >= 0.6 is 0 Å². The van der Waals surface area contributed by atoms with Crippen LogP contribution in [0.1, 0.15) is 24.1 Å². The van der Waals surface area contributed by atoms with Crippen LogP contribution in [0.3, 0.4) is 0 Å². The van der Waals surface area contributed by atoms with Crippen molar-refractivity contribution in [3.05, 3.63) is 76.3 Å². The fraction of sp³-hybridized carbons (Fsp3) is 0.455. The smallest absolute Gasteiger partial charge is 0.434 e. The lowest BCUT2D eigenvalue weighted by atomic mass is 9.95. The standard InChI is InChI=1S/C33H40N6O5/c1-2-22-43-29-10-8-28(9-11-29)36-17-19-37(20-18-36)33(42)44-39-31(40)30-25-35(16-21-38(30)32(39)41)24-27-12-14-34(15-13-27)23-26-6-4-3-5-7-26/h1,3-11,27,40H,12-25H2. The van der Waals surface area contributed by atoms with E-state index >= 15 is 0 Å². The normalized spacial score (nSPS) is 18.1. The summed E-state index contributed by atoms with van der Waals surface area (Å²) in [5, 5.41) is 11.0. The lowest BCUT2D eigenvalue weighted by molar-refractivity contribution is 0.0773. The summed E-state index contributed by atoms with van der Waals surface area (Å²) in [5.74, 6) is 3.43.